The summed E-state index contributed by atoms with van der Waals surface area (Å²) in [4.78, 5) is 25.4. The Labute approximate surface area is 150 Å². The summed E-state index contributed by atoms with van der Waals surface area (Å²) >= 11 is 6.12. The summed E-state index contributed by atoms with van der Waals surface area (Å²) in [6.07, 6.45) is 2.56. The van der Waals surface area contributed by atoms with Crippen molar-refractivity contribution in [1.29, 1.82) is 0 Å². The predicted octanol–water partition coefficient (Wildman–Crippen LogP) is 3.70. The standard InChI is InChI=1S/C20H17ClN2O2/c1-12-9-13-6-4-7-15-18(13)23(12)11-16(19(15)24)20(25)22-10-14-5-2-3-8-17(14)21/h2-8,11-12H,9-10H2,1H3,(H,22,25). The third kappa shape index (κ3) is 2.63. The number of nitrogens with one attached hydrogen (secondary N) is 1. The van der Waals surface area contributed by atoms with E-state index in [-0.39, 0.29) is 29.5 Å². The maximum atomic E-state index is 12.8. The normalized spacial score (nSPS) is 15.5. The zero-order valence-corrected chi connectivity index (χ0v) is 14.5. The van der Waals surface area contributed by atoms with E-state index in [2.05, 4.69) is 12.2 Å². The lowest BCUT2D eigenvalue weighted by Crippen LogP contribution is -2.29. The lowest BCUT2D eigenvalue weighted by atomic mass is 10.1. The van der Waals surface area contributed by atoms with E-state index in [1.54, 1.807) is 18.3 Å². The highest BCUT2D eigenvalue weighted by Crippen LogP contribution is 2.30. The molecule has 1 N–H and O–H groups in total. The number of carbonyl (C=O) groups excluding carboxylic acids is 1. The van der Waals surface area contributed by atoms with E-state index in [0.29, 0.717) is 10.4 Å². The summed E-state index contributed by atoms with van der Waals surface area (Å²) in [5, 5.41) is 4.00. The molecular weight excluding hydrogens is 336 g/mol. The number of aromatic nitrogens is 1. The summed E-state index contributed by atoms with van der Waals surface area (Å²) in [5.41, 5.74) is 2.87. The van der Waals surface area contributed by atoms with Gasteiger partial charge in [0.05, 0.1) is 5.52 Å². The molecule has 1 amide bonds. The number of carbonyl (C=O) groups is 1. The number of pyridine rings is 1. The number of hydrogen-bond acceptors (Lipinski definition) is 2. The third-order valence-corrected chi connectivity index (χ3v) is 5.14. The molecule has 1 aliphatic rings. The van der Waals surface area contributed by atoms with Crippen LogP contribution in [0, 0.1) is 0 Å². The topological polar surface area (TPSA) is 51.1 Å². The molecule has 0 saturated heterocycles. The first-order chi connectivity index (χ1) is 12.1. The zero-order chi connectivity index (χ0) is 17.6. The minimum Gasteiger partial charge on any atom is -0.348 e. The Morgan fingerprint density at radius 1 is 1.24 bits per heavy atom. The van der Waals surface area contributed by atoms with Crippen molar-refractivity contribution in [1.82, 2.24) is 9.88 Å². The Balaban J connectivity index is 1.71. The van der Waals surface area contributed by atoms with Gasteiger partial charge in [0, 0.05) is 29.2 Å². The highest BCUT2D eigenvalue weighted by Gasteiger charge is 2.24. The van der Waals surface area contributed by atoms with Crippen molar-refractivity contribution in [3.8, 4) is 0 Å². The van der Waals surface area contributed by atoms with Crippen LogP contribution in [0.1, 0.15) is 34.5 Å². The minimum atomic E-state index is -0.375. The number of halogens is 1. The molecule has 2 aromatic carbocycles. The van der Waals surface area contributed by atoms with Gasteiger partial charge in [-0.3, -0.25) is 9.59 Å². The van der Waals surface area contributed by atoms with Crippen LogP contribution in [0.25, 0.3) is 10.9 Å². The number of hydrogen-bond donors (Lipinski definition) is 1. The smallest absolute Gasteiger partial charge is 0.257 e. The van der Waals surface area contributed by atoms with Crippen LogP contribution in [-0.2, 0) is 13.0 Å². The Hall–Kier alpha value is -2.59. The van der Waals surface area contributed by atoms with Crippen molar-refractivity contribution in [3.05, 3.63) is 80.6 Å². The zero-order valence-electron chi connectivity index (χ0n) is 13.8. The minimum absolute atomic E-state index is 0.172. The predicted molar refractivity (Wildman–Crippen MR) is 99.2 cm³/mol. The lowest BCUT2D eigenvalue weighted by Gasteiger charge is -2.13. The van der Waals surface area contributed by atoms with Crippen molar-refractivity contribution < 1.29 is 4.79 Å². The monoisotopic (exact) mass is 352 g/mol. The van der Waals surface area contributed by atoms with E-state index in [4.69, 9.17) is 11.6 Å². The molecule has 2 heterocycles. The van der Waals surface area contributed by atoms with Gasteiger partial charge in [0.15, 0.2) is 0 Å². The van der Waals surface area contributed by atoms with Crippen LogP contribution in [-0.4, -0.2) is 10.5 Å². The highest BCUT2D eigenvalue weighted by molar-refractivity contribution is 6.31. The summed E-state index contributed by atoms with van der Waals surface area (Å²) in [6.45, 7) is 2.38. The van der Waals surface area contributed by atoms with Gasteiger partial charge in [0.2, 0.25) is 5.43 Å². The highest BCUT2D eigenvalue weighted by atomic mass is 35.5. The van der Waals surface area contributed by atoms with Crippen molar-refractivity contribution in [3.63, 3.8) is 0 Å². The van der Waals surface area contributed by atoms with Gasteiger partial charge in [-0.15, -0.1) is 0 Å². The number of nitrogens with zero attached hydrogens (tertiary/aromatic N) is 1. The maximum Gasteiger partial charge on any atom is 0.257 e. The second kappa shape index (κ2) is 6.05. The second-order valence-electron chi connectivity index (χ2n) is 6.42. The van der Waals surface area contributed by atoms with Gasteiger partial charge in [-0.1, -0.05) is 41.9 Å². The average Bonchev–Trinajstić information content (AvgIpc) is 2.93. The molecular formula is C20H17ClN2O2. The van der Waals surface area contributed by atoms with Crippen LogP contribution >= 0.6 is 11.6 Å². The van der Waals surface area contributed by atoms with Gasteiger partial charge in [0.25, 0.3) is 5.91 Å². The Morgan fingerprint density at radius 2 is 2.04 bits per heavy atom. The van der Waals surface area contributed by atoms with Crippen molar-refractivity contribution in [2.75, 3.05) is 0 Å². The largest absolute Gasteiger partial charge is 0.348 e. The summed E-state index contributed by atoms with van der Waals surface area (Å²) in [6, 6.07) is 13.3. The third-order valence-electron chi connectivity index (χ3n) is 4.77. The first-order valence-corrected chi connectivity index (χ1v) is 8.62. The van der Waals surface area contributed by atoms with Crippen molar-refractivity contribution in [2.24, 2.45) is 0 Å². The molecule has 1 aliphatic heterocycles. The van der Waals surface area contributed by atoms with Gasteiger partial charge in [0.1, 0.15) is 5.56 Å². The first kappa shape index (κ1) is 15.9. The number of para-hydroxylation sites is 1. The summed E-state index contributed by atoms with van der Waals surface area (Å²) in [5.74, 6) is -0.375. The fourth-order valence-electron chi connectivity index (χ4n) is 3.49. The van der Waals surface area contributed by atoms with Crippen molar-refractivity contribution >= 4 is 28.4 Å². The van der Waals surface area contributed by atoms with Crippen LogP contribution in [0.2, 0.25) is 5.02 Å². The van der Waals surface area contributed by atoms with E-state index in [1.807, 2.05) is 34.9 Å². The molecule has 0 fully saturated rings. The molecule has 0 radical (unpaired) electrons. The molecule has 1 unspecified atom stereocenters. The van der Waals surface area contributed by atoms with E-state index < -0.39 is 0 Å². The molecule has 0 saturated carbocycles. The molecule has 1 aromatic heterocycles. The molecule has 1 atom stereocenters. The second-order valence-corrected chi connectivity index (χ2v) is 6.83. The molecule has 0 aliphatic carbocycles. The van der Waals surface area contributed by atoms with Gasteiger partial charge in [-0.2, -0.15) is 0 Å². The number of amides is 1. The fourth-order valence-corrected chi connectivity index (χ4v) is 3.69. The molecule has 5 heteroatoms. The van der Waals surface area contributed by atoms with E-state index in [0.717, 1.165) is 23.1 Å². The molecule has 0 bridgehead atoms. The molecule has 4 rings (SSSR count). The Kier molecular flexibility index (Phi) is 3.85. The van der Waals surface area contributed by atoms with E-state index in [9.17, 15) is 9.59 Å². The van der Waals surface area contributed by atoms with Gasteiger partial charge < -0.3 is 9.88 Å². The molecule has 0 spiro atoms. The maximum absolute atomic E-state index is 12.8. The van der Waals surface area contributed by atoms with Crippen molar-refractivity contribution in [2.45, 2.75) is 25.9 Å². The summed E-state index contributed by atoms with van der Waals surface area (Å²) in [7, 11) is 0. The van der Waals surface area contributed by atoms with Crippen LogP contribution in [0.5, 0.6) is 0 Å². The Bertz CT molecular complexity index is 1060. The van der Waals surface area contributed by atoms with Crippen LogP contribution < -0.4 is 10.7 Å². The lowest BCUT2D eigenvalue weighted by molar-refractivity contribution is 0.0949. The number of benzene rings is 2. The molecule has 25 heavy (non-hydrogen) atoms. The van der Waals surface area contributed by atoms with Crippen LogP contribution in [0.3, 0.4) is 0 Å². The van der Waals surface area contributed by atoms with Crippen LogP contribution in [0.15, 0.2) is 53.5 Å². The molecule has 126 valence electrons. The fraction of sp³-hybridized carbons (Fsp3) is 0.200. The number of rotatable bonds is 3. The molecule has 4 nitrogen and oxygen atoms in total. The van der Waals surface area contributed by atoms with E-state index >= 15 is 0 Å². The first-order valence-electron chi connectivity index (χ1n) is 8.24. The quantitative estimate of drug-likeness (QED) is 0.781. The Morgan fingerprint density at radius 3 is 2.84 bits per heavy atom. The average molecular weight is 353 g/mol. The molecule has 3 aromatic rings. The van der Waals surface area contributed by atoms with Crippen LogP contribution in [0.4, 0.5) is 0 Å². The summed E-state index contributed by atoms with van der Waals surface area (Å²) < 4.78 is 2.04. The van der Waals surface area contributed by atoms with Gasteiger partial charge in [-0.05, 0) is 36.6 Å². The SMILES string of the molecule is CC1Cc2cccc3c(=O)c(C(=O)NCc4ccccc4Cl)cn1c23. The van der Waals surface area contributed by atoms with Gasteiger partial charge in [-0.25, -0.2) is 0 Å². The van der Waals surface area contributed by atoms with Gasteiger partial charge >= 0.3 is 0 Å². The van der Waals surface area contributed by atoms with E-state index in [1.165, 1.54) is 0 Å².